The highest BCUT2D eigenvalue weighted by Crippen LogP contribution is 2.39. The van der Waals surface area contributed by atoms with Crippen molar-refractivity contribution < 1.29 is 18.0 Å². The van der Waals surface area contributed by atoms with Crippen molar-refractivity contribution in [3.63, 3.8) is 0 Å². The minimum atomic E-state index is -2.93. The third-order valence-corrected chi connectivity index (χ3v) is 9.54. The molecule has 0 saturated carbocycles. The number of primary amides is 1. The Morgan fingerprint density at radius 1 is 1.33 bits per heavy atom. The van der Waals surface area contributed by atoms with Crippen molar-refractivity contribution in [3.05, 3.63) is 21.8 Å². The lowest BCUT2D eigenvalue weighted by Gasteiger charge is -2.08. The normalized spacial score (nSPS) is 19.7. The quantitative estimate of drug-likeness (QED) is 0.581. The van der Waals surface area contributed by atoms with Gasteiger partial charge in [-0.05, 0) is 37.2 Å². The van der Waals surface area contributed by atoms with Gasteiger partial charge in [0.1, 0.15) is 10.8 Å². The zero-order valence-corrected chi connectivity index (χ0v) is 19.0. The van der Waals surface area contributed by atoms with E-state index in [9.17, 15) is 18.0 Å². The van der Waals surface area contributed by atoms with Crippen molar-refractivity contribution in [2.24, 2.45) is 18.7 Å². The number of aryl methyl sites for hydroxylation is 1. The number of carbonyl (C=O) groups is 2. The van der Waals surface area contributed by atoms with Gasteiger partial charge < -0.3 is 15.6 Å². The lowest BCUT2D eigenvalue weighted by atomic mass is 10.1. The molecule has 1 atom stereocenters. The Kier molecular flexibility index (Phi) is 5.90. The van der Waals surface area contributed by atoms with E-state index in [1.807, 2.05) is 7.05 Å². The van der Waals surface area contributed by atoms with Gasteiger partial charge in [0, 0.05) is 18.3 Å². The molecule has 1 saturated heterocycles. The first-order valence-electron chi connectivity index (χ1n) is 9.69. The second kappa shape index (κ2) is 8.31. The van der Waals surface area contributed by atoms with Crippen molar-refractivity contribution in [1.82, 2.24) is 14.8 Å². The third kappa shape index (κ3) is 4.40. The summed E-state index contributed by atoms with van der Waals surface area (Å²) in [5, 5.41) is 12.2. The molecule has 0 radical (unpaired) electrons. The van der Waals surface area contributed by atoms with Crippen molar-refractivity contribution in [2.45, 2.75) is 37.3 Å². The molecule has 0 spiro atoms. The van der Waals surface area contributed by atoms with Crippen molar-refractivity contribution in [2.75, 3.05) is 22.6 Å². The average molecular weight is 470 g/mol. The van der Waals surface area contributed by atoms with E-state index < -0.39 is 15.7 Å². The highest BCUT2D eigenvalue weighted by molar-refractivity contribution is 7.99. The number of carbonyl (C=O) groups excluding carboxylic acids is 2. The van der Waals surface area contributed by atoms with Gasteiger partial charge in [-0.15, -0.1) is 21.5 Å². The van der Waals surface area contributed by atoms with Crippen LogP contribution in [0.4, 0.5) is 5.00 Å². The van der Waals surface area contributed by atoms with Crippen LogP contribution >= 0.6 is 23.1 Å². The van der Waals surface area contributed by atoms with E-state index in [0.717, 1.165) is 29.7 Å². The Labute approximate surface area is 182 Å². The van der Waals surface area contributed by atoms with Gasteiger partial charge in [-0.2, -0.15) is 0 Å². The summed E-state index contributed by atoms with van der Waals surface area (Å²) < 4.78 is 25.1. The Bertz CT molecular complexity index is 1110. The highest BCUT2D eigenvalue weighted by Gasteiger charge is 2.29. The van der Waals surface area contributed by atoms with E-state index in [0.29, 0.717) is 34.4 Å². The van der Waals surface area contributed by atoms with Crippen molar-refractivity contribution in [1.29, 1.82) is 0 Å². The molecule has 4 rings (SSSR count). The first-order chi connectivity index (χ1) is 14.2. The van der Waals surface area contributed by atoms with Crippen molar-refractivity contribution in [3.8, 4) is 0 Å². The Balaban J connectivity index is 1.36. The van der Waals surface area contributed by atoms with Crippen LogP contribution in [-0.4, -0.2) is 52.3 Å². The number of nitrogens with zero attached hydrogens (tertiary/aromatic N) is 3. The smallest absolute Gasteiger partial charge is 0.251 e. The maximum absolute atomic E-state index is 12.5. The van der Waals surface area contributed by atoms with Crippen LogP contribution in [0, 0.1) is 5.92 Å². The first kappa shape index (κ1) is 21.3. The number of aromatic nitrogens is 3. The molecule has 0 bridgehead atoms. The predicted octanol–water partition coefficient (Wildman–Crippen LogP) is 1.17. The first-order valence-corrected chi connectivity index (χ1v) is 13.3. The molecule has 0 aromatic carbocycles. The number of sulfone groups is 1. The molecule has 2 aromatic rings. The number of nitrogens with one attached hydrogen (secondary N) is 1. The van der Waals surface area contributed by atoms with E-state index >= 15 is 0 Å². The minimum absolute atomic E-state index is 0.0621. The van der Waals surface area contributed by atoms with E-state index in [1.54, 1.807) is 4.57 Å². The van der Waals surface area contributed by atoms with Gasteiger partial charge in [0.25, 0.3) is 5.91 Å². The lowest BCUT2D eigenvalue weighted by Crippen LogP contribution is -2.19. The molecule has 30 heavy (non-hydrogen) atoms. The van der Waals surface area contributed by atoms with E-state index in [4.69, 9.17) is 5.73 Å². The fourth-order valence-corrected chi connectivity index (χ4v) is 7.89. The van der Waals surface area contributed by atoms with Crippen LogP contribution < -0.4 is 11.1 Å². The molecule has 2 aromatic heterocycles. The fraction of sp³-hybridized carbons (Fsp3) is 0.556. The number of hydrogen-bond acceptors (Lipinski definition) is 8. The molecular formula is C18H23N5O4S3. The van der Waals surface area contributed by atoms with Gasteiger partial charge in [-0.3, -0.25) is 9.59 Å². The standard InChI is InChI=1S/C18H23N5O4S3/c1-23-13(7-10-5-6-30(26,27)9-10)21-22-18(23)28-8-14(24)20-17-15(16(19)25)11-3-2-4-12(11)29-17/h10H,2-9H2,1H3,(H2,19,25)(H,20,24)/t10-/m0/s1. The molecular weight excluding hydrogens is 446 g/mol. The van der Waals surface area contributed by atoms with Crippen LogP contribution in [0.3, 0.4) is 0 Å². The molecule has 2 aliphatic rings. The fourth-order valence-electron chi connectivity index (χ4n) is 3.99. The number of thioether (sulfide) groups is 1. The zero-order chi connectivity index (χ0) is 21.5. The van der Waals surface area contributed by atoms with Crippen LogP contribution in [0.2, 0.25) is 0 Å². The number of amides is 2. The number of hydrogen-bond donors (Lipinski definition) is 2. The minimum Gasteiger partial charge on any atom is -0.365 e. The van der Waals surface area contributed by atoms with Gasteiger partial charge in [0.05, 0.1) is 22.8 Å². The van der Waals surface area contributed by atoms with Crippen LogP contribution in [0.25, 0.3) is 0 Å². The maximum atomic E-state index is 12.5. The van der Waals surface area contributed by atoms with E-state index in [1.165, 1.54) is 23.1 Å². The molecule has 1 fully saturated rings. The Morgan fingerprint density at radius 3 is 2.83 bits per heavy atom. The lowest BCUT2D eigenvalue weighted by molar-refractivity contribution is -0.113. The summed E-state index contributed by atoms with van der Waals surface area (Å²) in [7, 11) is -1.12. The summed E-state index contributed by atoms with van der Waals surface area (Å²) in [5.74, 6) is 0.565. The second-order valence-corrected chi connectivity index (χ2v) is 12.0. The van der Waals surface area contributed by atoms with Crippen LogP contribution in [0.5, 0.6) is 0 Å². The Morgan fingerprint density at radius 2 is 2.13 bits per heavy atom. The van der Waals surface area contributed by atoms with E-state index in [-0.39, 0.29) is 29.1 Å². The summed E-state index contributed by atoms with van der Waals surface area (Å²) in [5.41, 5.74) is 6.95. The molecule has 12 heteroatoms. The number of fused-ring (bicyclic) bond motifs is 1. The highest BCUT2D eigenvalue weighted by atomic mass is 32.2. The summed E-state index contributed by atoms with van der Waals surface area (Å²) >= 11 is 2.67. The Hall–Kier alpha value is -1.92. The van der Waals surface area contributed by atoms with E-state index in [2.05, 4.69) is 15.5 Å². The predicted molar refractivity (Wildman–Crippen MR) is 116 cm³/mol. The molecule has 3 heterocycles. The molecule has 1 aliphatic heterocycles. The van der Waals surface area contributed by atoms with Crippen LogP contribution in [0.15, 0.2) is 5.16 Å². The van der Waals surface area contributed by atoms with Crippen LogP contribution in [0.1, 0.15) is 39.5 Å². The number of rotatable bonds is 7. The summed E-state index contributed by atoms with van der Waals surface area (Å²) in [4.78, 5) is 25.4. The largest absolute Gasteiger partial charge is 0.365 e. The number of anilines is 1. The third-order valence-electron chi connectivity index (χ3n) is 5.48. The molecule has 162 valence electrons. The summed E-state index contributed by atoms with van der Waals surface area (Å²) in [6.07, 6.45) is 3.94. The van der Waals surface area contributed by atoms with Gasteiger partial charge in [0.2, 0.25) is 5.91 Å². The topological polar surface area (TPSA) is 137 Å². The molecule has 1 aliphatic carbocycles. The van der Waals surface area contributed by atoms with Crippen molar-refractivity contribution >= 4 is 49.8 Å². The molecule has 2 amide bonds. The summed E-state index contributed by atoms with van der Waals surface area (Å²) in [6, 6.07) is 0. The summed E-state index contributed by atoms with van der Waals surface area (Å²) in [6.45, 7) is 0. The van der Waals surface area contributed by atoms with Gasteiger partial charge in [-0.25, -0.2) is 8.42 Å². The maximum Gasteiger partial charge on any atom is 0.251 e. The average Bonchev–Trinajstić information content (AvgIpc) is 3.39. The number of thiophene rings is 1. The molecule has 9 nitrogen and oxygen atoms in total. The van der Waals surface area contributed by atoms with Gasteiger partial charge in [0.15, 0.2) is 15.0 Å². The number of nitrogens with two attached hydrogens (primary N) is 1. The van der Waals surface area contributed by atoms with Crippen LogP contribution in [-0.2, 0) is 40.9 Å². The monoisotopic (exact) mass is 469 g/mol. The van der Waals surface area contributed by atoms with Gasteiger partial charge >= 0.3 is 0 Å². The zero-order valence-electron chi connectivity index (χ0n) is 16.5. The van der Waals surface area contributed by atoms with Gasteiger partial charge in [-0.1, -0.05) is 11.8 Å². The second-order valence-electron chi connectivity index (χ2n) is 7.69. The molecule has 3 N–H and O–H groups in total. The SMILES string of the molecule is Cn1c(C[C@@H]2CCS(=O)(=O)C2)nnc1SCC(=O)Nc1sc2c(c1C(N)=O)CCC2. The molecule has 0 unspecified atom stereocenters.